The number of amides is 1. The summed E-state index contributed by atoms with van der Waals surface area (Å²) in [6, 6.07) is 5.38. The van der Waals surface area contributed by atoms with Gasteiger partial charge in [-0.25, -0.2) is 8.42 Å². The van der Waals surface area contributed by atoms with E-state index in [4.69, 9.17) is 0 Å². The molecule has 1 aromatic carbocycles. The lowest BCUT2D eigenvalue weighted by Crippen LogP contribution is -2.42. The Hall–Kier alpha value is -1.76. The van der Waals surface area contributed by atoms with Gasteiger partial charge in [-0.1, -0.05) is 19.9 Å². The lowest BCUT2D eigenvalue weighted by atomic mass is 10.0. The zero-order chi connectivity index (χ0) is 18.4. The molecule has 0 aliphatic carbocycles. The Morgan fingerprint density at radius 3 is 2.72 bits per heavy atom. The number of rotatable bonds is 7. The van der Waals surface area contributed by atoms with Gasteiger partial charge in [-0.05, 0) is 49.8 Å². The van der Waals surface area contributed by atoms with E-state index in [0.717, 1.165) is 30.8 Å². The summed E-state index contributed by atoms with van der Waals surface area (Å²) in [5, 5.41) is 3.16. The molecule has 2 rings (SSSR count). The molecule has 1 amide bonds. The van der Waals surface area contributed by atoms with Gasteiger partial charge >= 0.3 is 0 Å². The lowest BCUT2D eigenvalue weighted by Gasteiger charge is -2.31. The van der Waals surface area contributed by atoms with Crippen molar-refractivity contribution in [1.29, 1.82) is 0 Å². The van der Waals surface area contributed by atoms with Crippen LogP contribution in [0.2, 0.25) is 0 Å². The van der Waals surface area contributed by atoms with Crippen LogP contribution in [0.15, 0.2) is 18.2 Å². The zero-order valence-corrected chi connectivity index (χ0v) is 16.2. The first kappa shape index (κ1) is 19.6. The summed E-state index contributed by atoms with van der Waals surface area (Å²) >= 11 is 0. The predicted octanol–water partition coefficient (Wildman–Crippen LogP) is 2.82. The van der Waals surface area contributed by atoms with Crippen LogP contribution in [0, 0.1) is 12.8 Å². The molecule has 0 aromatic heterocycles. The summed E-state index contributed by atoms with van der Waals surface area (Å²) in [6.45, 7) is 7.70. The van der Waals surface area contributed by atoms with Gasteiger partial charge in [-0.2, -0.15) is 0 Å². The maximum Gasteiger partial charge on any atom is 0.241 e. The number of nitrogens with one attached hydrogen (secondary N) is 2. The van der Waals surface area contributed by atoms with Crippen LogP contribution in [0.4, 0.5) is 11.4 Å². The van der Waals surface area contributed by atoms with Gasteiger partial charge in [0.05, 0.1) is 18.0 Å². The first-order chi connectivity index (χ1) is 11.8. The smallest absolute Gasteiger partial charge is 0.241 e. The molecule has 1 fully saturated rings. The standard InChI is InChI=1S/C18H29N3O3S/c1-4-11-25(23,24)20-17-9-5-8-16(15(17)3)19-12-18(22)21-10-6-7-14(2)13-21/h5,8-9,14,19-20H,4,6-7,10-13H2,1-3H3. The molecule has 25 heavy (non-hydrogen) atoms. The largest absolute Gasteiger partial charge is 0.376 e. The number of carbonyl (C=O) groups excluding carboxylic acids is 1. The van der Waals surface area contributed by atoms with Gasteiger partial charge < -0.3 is 10.2 Å². The first-order valence-corrected chi connectivity index (χ1v) is 10.6. The molecule has 1 aliphatic rings. The Labute approximate surface area is 151 Å². The van der Waals surface area contributed by atoms with Crippen LogP contribution >= 0.6 is 0 Å². The Morgan fingerprint density at radius 2 is 2.04 bits per heavy atom. The predicted molar refractivity (Wildman–Crippen MR) is 102 cm³/mol. The van der Waals surface area contributed by atoms with E-state index in [2.05, 4.69) is 17.0 Å². The van der Waals surface area contributed by atoms with Gasteiger partial charge in [0, 0.05) is 18.8 Å². The van der Waals surface area contributed by atoms with E-state index in [-0.39, 0.29) is 18.2 Å². The van der Waals surface area contributed by atoms with Crippen LogP contribution in [0.1, 0.15) is 38.7 Å². The maximum absolute atomic E-state index is 12.4. The second kappa shape index (κ2) is 8.56. The maximum atomic E-state index is 12.4. The van der Waals surface area contributed by atoms with E-state index in [1.54, 1.807) is 12.1 Å². The van der Waals surface area contributed by atoms with E-state index in [0.29, 0.717) is 18.0 Å². The van der Waals surface area contributed by atoms with E-state index >= 15 is 0 Å². The van der Waals surface area contributed by atoms with Gasteiger partial charge in [-0.3, -0.25) is 9.52 Å². The van der Waals surface area contributed by atoms with Crippen molar-refractivity contribution >= 4 is 27.3 Å². The molecular formula is C18H29N3O3S. The van der Waals surface area contributed by atoms with E-state index in [1.807, 2.05) is 24.8 Å². The summed E-state index contributed by atoms with van der Waals surface area (Å²) < 4.78 is 26.6. The summed E-state index contributed by atoms with van der Waals surface area (Å²) in [7, 11) is -3.33. The molecule has 1 atom stereocenters. The van der Waals surface area contributed by atoms with E-state index in [9.17, 15) is 13.2 Å². The summed E-state index contributed by atoms with van der Waals surface area (Å²) in [5.74, 6) is 0.731. The number of likely N-dealkylation sites (tertiary alicyclic amines) is 1. The van der Waals surface area contributed by atoms with Crippen LogP contribution in [0.5, 0.6) is 0 Å². The third-order valence-corrected chi connectivity index (χ3v) is 5.99. The molecule has 1 heterocycles. The fraction of sp³-hybridized carbons (Fsp3) is 0.611. The van der Waals surface area contributed by atoms with Gasteiger partial charge in [0.15, 0.2) is 0 Å². The quantitative estimate of drug-likeness (QED) is 0.777. The molecule has 1 aromatic rings. The minimum absolute atomic E-state index is 0.0860. The molecule has 0 bridgehead atoms. The number of hydrogen-bond acceptors (Lipinski definition) is 4. The average molecular weight is 368 g/mol. The fourth-order valence-corrected chi connectivity index (χ4v) is 4.32. The van der Waals surface area contributed by atoms with Crippen molar-refractivity contribution in [2.24, 2.45) is 5.92 Å². The second-order valence-corrected chi connectivity index (χ2v) is 8.68. The molecule has 1 unspecified atom stereocenters. The van der Waals surface area contributed by atoms with Crippen LogP contribution in [0.25, 0.3) is 0 Å². The number of anilines is 2. The highest BCUT2D eigenvalue weighted by molar-refractivity contribution is 7.92. The van der Waals surface area contributed by atoms with Crippen LogP contribution in [-0.4, -0.2) is 44.6 Å². The highest BCUT2D eigenvalue weighted by Crippen LogP contribution is 2.24. The topological polar surface area (TPSA) is 78.5 Å². The second-order valence-electron chi connectivity index (χ2n) is 6.84. The third-order valence-electron chi connectivity index (χ3n) is 4.51. The molecule has 2 N–H and O–H groups in total. The number of benzene rings is 1. The average Bonchev–Trinajstić information content (AvgIpc) is 2.55. The van der Waals surface area contributed by atoms with Crippen LogP contribution in [-0.2, 0) is 14.8 Å². The Balaban J connectivity index is 2.00. The van der Waals surface area contributed by atoms with E-state index < -0.39 is 10.0 Å². The minimum atomic E-state index is -3.33. The third kappa shape index (κ3) is 5.63. The van der Waals surface area contributed by atoms with Gasteiger partial charge in [0.1, 0.15) is 0 Å². The highest BCUT2D eigenvalue weighted by atomic mass is 32.2. The number of piperidine rings is 1. The minimum Gasteiger partial charge on any atom is -0.376 e. The molecule has 6 nitrogen and oxygen atoms in total. The summed E-state index contributed by atoms with van der Waals surface area (Å²) in [6.07, 6.45) is 2.80. The SMILES string of the molecule is CCCS(=O)(=O)Nc1cccc(NCC(=O)N2CCCC(C)C2)c1C. The summed E-state index contributed by atoms with van der Waals surface area (Å²) in [5.41, 5.74) is 2.12. The van der Waals surface area contributed by atoms with Gasteiger partial charge in [0.2, 0.25) is 15.9 Å². The number of carbonyl (C=O) groups is 1. The normalized spacial score (nSPS) is 18.0. The molecule has 0 radical (unpaired) electrons. The zero-order valence-electron chi connectivity index (χ0n) is 15.3. The lowest BCUT2D eigenvalue weighted by molar-refractivity contribution is -0.130. The van der Waals surface area contributed by atoms with Crippen LogP contribution < -0.4 is 10.0 Å². The van der Waals surface area contributed by atoms with Gasteiger partial charge in [-0.15, -0.1) is 0 Å². The van der Waals surface area contributed by atoms with Crippen molar-refractivity contribution in [3.8, 4) is 0 Å². The monoisotopic (exact) mass is 367 g/mol. The fourth-order valence-electron chi connectivity index (χ4n) is 3.12. The first-order valence-electron chi connectivity index (χ1n) is 8.94. The molecule has 140 valence electrons. The Morgan fingerprint density at radius 1 is 1.32 bits per heavy atom. The summed E-state index contributed by atoms with van der Waals surface area (Å²) in [4.78, 5) is 14.3. The Kier molecular flexibility index (Phi) is 6.70. The molecule has 0 saturated carbocycles. The molecule has 1 aliphatic heterocycles. The molecule has 0 spiro atoms. The number of hydrogen-bond donors (Lipinski definition) is 2. The molecular weight excluding hydrogens is 338 g/mol. The van der Waals surface area contributed by atoms with Crippen molar-refractivity contribution in [2.45, 2.75) is 40.0 Å². The van der Waals surface area contributed by atoms with Crippen molar-refractivity contribution in [3.63, 3.8) is 0 Å². The van der Waals surface area contributed by atoms with Crippen molar-refractivity contribution in [3.05, 3.63) is 23.8 Å². The van der Waals surface area contributed by atoms with Gasteiger partial charge in [0.25, 0.3) is 0 Å². The Bertz CT molecular complexity index is 704. The van der Waals surface area contributed by atoms with Crippen LogP contribution in [0.3, 0.4) is 0 Å². The highest BCUT2D eigenvalue weighted by Gasteiger charge is 2.20. The molecule has 7 heteroatoms. The van der Waals surface area contributed by atoms with Crippen molar-refractivity contribution < 1.29 is 13.2 Å². The number of nitrogens with zero attached hydrogens (tertiary/aromatic N) is 1. The number of sulfonamides is 1. The van der Waals surface area contributed by atoms with E-state index in [1.165, 1.54) is 6.42 Å². The van der Waals surface area contributed by atoms with Crippen molar-refractivity contribution in [1.82, 2.24) is 4.90 Å². The van der Waals surface area contributed by atoms with Crippen molar-refractivity contribution in [2.75, 3.05) is 35.4 Å². The molecule has 1 saturated heterocycles.